The largest absolute Gasteiger partial charge is 0.355 e. The van der Waals surface area contributed by atoms with Gasteiger partial charge in [-0.3, -0.25) is 9.59 Å². The van der Waals surface area contributed by atoms with E-state index < -0.39 is 0 Å². The molecule has 1 fully saturated rings. The summed E-state index contributed by atoms with van der Waals surface area (Å²) in [6.07, 6.45) is 3.12. The lowest BCUT2D eigenvalue weighted by atomic mass is 9.99. The Kier molecular flexibility index (Phi) is 6.79. The highest BCUT2D eigenvalue weighted by Crippen LogP contribution is 2.31. The molecule has 7 heteroatoms. The summed E-state index contributed by atoms with van der Waals surface area (Å²) in [5.41, 5.74) is 7.92. The summed E-state index contributed by atoms with van der Waals surface area (Å²) < 4.78 is 0. The summed E-state index contributed by atoms with van der Waals surface area (Å²) in [6, 6.07) is 1.96. The molecule has 1 atom stereocenters. The Bertz CT molecular complexity index is 674. The van der Waals surface area contributed by atoms with Gasteiger partial charge in [0.2, 0.25) is 5.91 Å². The van der Waals surface area contributed by atoms with Gasteiger partial charge in [-0.2, -0.15) is 5.26 Å². The molecular formula is C16H23ClN4O2. The van der Waals surface area contributed by atoms with Gasteiger partial charge in [0, 0.05) is 24.7 Å². The molecule has 1 aromatic heterocycles. The second-order valence-electron chi connectivity index (χ2n) is 5.97. The molecule has 6 nitrogen and oxygen atoms in total. The van der Waals surface area contributed by atoms with Gasteiger partial charge < -0.3 is 16.0 Å². The van der Waals surface area contributed by atoms with Crippen molar-refractivity contribution in [3.63, 3.8) is 0 Å². The van der Waals surface area contributed by atoms with Crippen LogP contribution in [0, 0.1) is 31.1 Å². The molecular weight excluding hydrogens is 316 g/mol. The first-order valence-corrected chi connectivity index (χ1v) is 7.58. The third-order valence-corrected chi connectivity index (χ3v) is 4.28. The highest BCUT2D eigenvalue weighted by Gasteiger charge is 2.28. The number of aromatic nitrogens is 1. The molecule has 0 bridgehead atoms. The number of pyridine rings is 1. The van der Waals surface area contributed by atoms with Crippen LogP contribution >= 0.6 is 12.4 Å². The number of carbonyl (C=O) groups excluding carboxylic acids is 1. The number of nitrogens with one attached hydrogen (secondary N) is 2. The number of hydrogen-bond donors (Lipinski definition) is 3. The molecule has 1 aliphatic carbocycles. The molecule has 0 spiro atoms. The number of carbonyl (C=O) groups is 1. The van der Waals surface area contributed by atoms with Crippen LogP contribution in [0.25, 0.3) is 0 Å². The zero-order valence-electron chi connectivity index (χ0n) is 13.4. The summed E-state index contributed by atoms with van der Waals surface area (Å²) in [4.78, 5) is 26.2. The number of nitrogens with two attached hydrogens (primary N) is 1. The van der Waals surface area contributed by atoms with E-state index in [1.807, 2.05) is 6.07 Å². The van der Waals surface area contributed by atoms with E-state index in [2.05, 4.69) is 10.3 Å². The Morgan fingerprint density at radius 3 is 2.70 bits per heavy atom. The maximum absolute atomic E-state index is 11.9. The maximum Gasteiger partial charge on any atom is 0.266 e. The summed E-state index contributed by atoms with van der Waals surface area (Å²) in [5.74, 6) is 0.502. The summed E-state index contributed by atoms with van der Waals surface area (Å²) in [5, 5.41) is 11.9. The number of amides is 1. The van der Waals surface area contributed by atoms with Crippen LogP contribution in [-0.2, 0) is 11.2 Å². The van der Waals surface area contributed by atoms with Gasteiger partial charge >= 0.3 is 0 Å². The molecule has 0 saturated heterocycles. The van der Waals surface area contributed by atoms with E-state index in [1.54, 1.807) is 13.8 Å². The second-order valence-corrected chi connectivity index (χ2v) is 5.97. The van der Waals surface area contributed by atoms with Gasteiger partial charge in [-0.1, -0.05) is 0 Å². The first-order valence-electron chi connectivity index (χ1n) is 7.58. The van der Waals surface area contributed by atoms with Gasteiger partial charge in [-0.25, -0.2) is 0 Å². The zero-order chi connectivity index (χ0) is 16.3. The number of rotatable bonds is 6. The Balaban J connectivity index is 0.00000264. The lowest BCUT2D eigenvalue weighted by molar-refractivity contribution is -0.121. The molecule has 1 unspecified atom stereocenters. The fraction of sp³-hybridized carbons (Fsp3) is 0.562. The molecule has 0 aliphatic heterocycles. The Morgan fingerprint density at radius 2 is 2.13 bits per heavy atom. The number of nitriles is 1. The minimum Gasteiger partial charge on any atom is -0.355 e. The van der Waals surface area contributed by atoms with Gasteiger partial charge in [0.15, 0.2) is 0 Å². The van der Waals surface area contributed by atoms with Crippen molar-refractivity contribution in [3.05, 3.63) is 32.7 Å². The van der Waals surface area contributed by atoms with Gasteiger partial charge in [0.25, 0.3) is 5.56 Å². The maximum atomic E-state index is 11.9. The smallest absolute Gasteiger partial charge is 0.266 e. The first-order chi connectivity index (χ1) is 10.4. The van der Waals surface area contributed by atoms with E-state index in [9.17, 15) is 9.59 Å². The van der Waals surface area contributed by atoms with Gasteiger partial charge in [-0.15, -0.1) is 12.4 Å². The number of halogens is 1. The van der Waals surface area contributed by atoms with Crippen LogP contribution in [0.1, 0.15) is 41.6 Å². The summed E-state index contributed by atoms with van der Waals surface area (Å²) in [7, 11) is 0. The third-order valence-electron chi connectivity index (χ3n) is 4.28. The van der Waals surface area contributed by atoms with E-state index in [4.69, 9.17) is 11.0 Å². The van der Waals surface area contributed by atoms with Crippen LogP contribution in [0.15, 0.2) is 4.79 Å². The van der Waals surface area contributed by atoms with E-state index in [-0.39, 0.29) is 35.5 Å². The lowest BCUT2D eigenvalue weighted by Gasteiger charge is -2.13. The quantitative estimate of drug-likeness (QED) is 0.720. The van der Waals surface area contributed by atoms with Crippen molar-refractivity contribution >= 4 is 18.3 Å². The number of H-pyrrole nitrogens is 1. The van der Waals surface area contributed by atoms with Crippen molar-refractivity contribution in [1.82, 2.24) is 10.3 Å². The molecule has 1 aliphatic rings. The molecule has 1 amide bonds. The van der Waals surface area contributed by atoms with Crippen molar-refractivity contribution in [1.29, 1.82) is 5.26 Å². The van der Waals surface area contributed by atoms with Gasteiger partial charge in [-0.05, 0) is 50.2 Å². The molecule has 1 heterocycles. The Morgan fingerprint density at radius 1 is 1.48 bits per heavy atom. The normalized spacial score (nSPS) is 14.5. The standard InChI is InChI=1S/C16H22N4O2.ClH/c1-9-12(10(2)20-16(22)13(9)7-17)5-6-15(21)19-8-14(18)11-3-4-11;/h11,14H,3-6,8,18H2,1-2H3,(H,19,21)(H,20,22);1H. The van der Waals surface area contributed by atoms with Crippen LogP contribution in [0.4, 0.5) is 0 Å². The summed E-state index contributed by atoms with van der Waals surface area (Å²) >= 11 is 0. The molecule has 2 rings (SSSR count). The molecule has 23 heavy (non-hydrogen) atoms. The van der Waals surface area contributed by atoms with E-state index in [1.165, 1.54) is 0 Å². The molecule has 0 aromatic carbocycles. The van der Waals surface area contributed by atoms with Crippen molar-refractivity contribution < 1.29 is 4.79 Å². The highest BCUT2D eigenvalue weighted by atomic mass is 35.5. The minimum absolute atomic E-state index is 0. The zero-order valence-corrected chi connectivity index (χ0v) is 14.3. The number of hydrogen-bond acceptors (Lipinski definition) is 4. The fourth-order valence-corrected chi connectivity index (χ4v) is 2.67. The summed E-state index contributed by atoms with van der Waals surface area (Å²) in [6.45, 7) is 4.04. The van der Waals surface area contributed by atoms with Crippen molar-refractivity contribution in [2.45, 2.75) is 45.6 Å². The average molecular weight is 339 g/mol. The second kappa shape index (κ2) is 8.14. The van der Waals surface area contributed by atoms with Crippen molar-refractivity contribution in [3.8, 4) is 6.07 Å². The predicted molar refractivity (Wildman–Crippen MR) is 90.5 cm³/mol. The monoisotopic (exact) mass is 338 g/mol. The third kappa shape index (κ3) is 4.81. The lowest BCUT2D eigenvalue weighted by Crippen LogP contribution is -2.38. The topological polar surface area (TPSA) is 112 Å². The average Bonchev–Trinajstić information content (AvgIpc) is 3.29. The Hall–Kier alpha value is -1.84. The van der Waals surface area contributed by atoms with Gasteiger partial charge in [0.1, 0.15) is 11.6 Å². The van der Waals surface area contributed by atoms with Crippen molar-refractivity contribution in [2.24, 2.45) is 11.7 Å². The van der Waals surface area contributed by atoms with E-state index in [0.29, 0.717) is 36.6 Å². The SMILES string of the molecule is Cc1[nH]c(=O)c(C#N)c(C)c1CCC(=O)NCC(N)C1CC1.Cl. The van der Waals surface area contributed by atoms with Gasteiger partial charge in [0.05, 0.1) is 0 Å². The van der Waals surface area contributed by atoms with Crippen LogP contribution in [0.3, 0.4) is 0 Å². The van der Waals surface area contributed by atoms with Crippen molar-refractivity contribution in [2.75, 3.05) is 6.54 Å². The minimum atomic E-state index is -0.374. The van der Waals surface area contributed by atoms with Crippen LogP contribution in [0.5, 0.6) is 0 Å². The molecule has 0 radical (unpaired) electrons. The molecule has 1 saturated carbocycles. The van der Waals surface area contributed by atoms with Crippen LogP contribution in [0.2, 0.25) is 0 Å². The van der Waals surface area contributed by atoms with Crippen LogP contribution < -0.4 is 16.6 Å². The number of aryl methyl sites for hydroxylation is 1. The Labute approximate surface area is 141 Å². The van der Waals surface area contributed by atoms with E-state index in [0.717, 1.165) is 18.4 Å². The molecule has 1 aromatic rings. The molecule has 126 valence electrons. The number of aromatic amines is 1. The van der Waals surface area contributed by atoms with Crippen LogP contribution in [-0.4, -0.2) is 23.5 Å². The number of nitrogens with zero attached hydrogens (tertiary/aromatic N) is 1. The first kappa shape index (κ1) is 19.2. The highest BCUT2D eigenvalue weighted by molar-refractivity contribution is 5.85. The van der Waals surface area contributed by atoms with E-state index >= 15 is 0 Å². The molecule has 4 N–H and O–H groups in total. The predicted octanol–water partition coefficient (Wildman–Crippen LogP) is 1.07. The fourth-order valence-electron chi connectivity index (χ4n) is 2.67.